The summed E-state index contributed by atoms with van der Waals surface area (Å²) in [5.74, 6) is 0.399. The number of nitrogens with one attached hydrogen (secondary N) is 1. The molecule has 0 aliphatic heterocycles. The van der Waals surface area contributed by atoms with Crippen molar-refractivity contribution in [3.05, 3.63) is 101 Å². The average Bonchev–Trinajstić information content (AvgIpc) is 2.92. The van der Waals surface area contributed by atoms with Gasteiger partial charge in [0, 0.05) is 19.0 Å². The van der Waals surface area contributed by atoms with Gasteiger partial charge in [-0.2, -0.15) is 0 Å². The van der Waals surface area contributed by atoms with E-state index in [-0.39, 0.29) is 24.5 Å². The molecular weight excluding hydrogens is 460 g/mol. The average molecular weight is 499 g/mol. The van der Waals surface area contributed by atoms with Crippen molar-refractivity contribution in [3.63, 3.8) is 0 Å². The highest BCUT2D eigenvalue weighted by Gasteiger charge is 2.32. The number of nitrogens with zero attached hydrogens (tertiary/aromatic N) is 1. The zero-order chi connectivity index (χ0) is 26.0. The van der Waals surface area contributed by atoms with Crippen molar-refractivity contribution >= 4 is 11.8 Å². The van der Waals surface area contributed by atoms with Crippen LogP contribution in [0, 0.1) is 13.8 Å². The summed E-state index contributed by atoms with van der Waals surface area (Å²) in [4.78, 5) is 29.2. The Kier molecular flexibility index (Phi) is 9.36. The second-order valence-electron chi connectivity index (χ2n) is 10.1. The van der Waals surface area contributed by atoms with Crippen LogP contribution in [0.1, 0.15) is 54.4 Å². The molecule has 1 saturated carbocycles. The van der Waals surface area contributed by atoms with Crippen molar-refractivity contribution in [2.75, 3.05) is 6.61 Å². The Hall–Kier alpha value is -3.60. The van der Waals surface area contributed by atoms with Crippen molar-refractivity contribution in [2.24, 2.45) is 0 Å². The lowest BCUT2D eigenvalue weighted by molar-refractivity contribution is -0.143. The van der Waals surface area contributed by atoms with Crippen LogP contribution in [0.15, 0.2) is 78.9 Å². The highest BCUT2D eigenvalue weighted by molar-refractivity contribution is 5.88. The van der Waals surface area contributed by atoms with Crippen LogP contribution < -0.4 is 10.1 Å². The topological polar surface area (TPSA) is 58.6 Å². The van der Waals surface area contributed by atoms with Crippen LogP contribution >= 0.6 is 0 Å². The van der Waals surface area contributed by atoms with E-state index in [9.17, 15) is 9.59 Å². The fourth-order valence-corrected chi connectivity index (χ4v) is 4.96. The minimum Gasteiger partial charge on any atom is -0.483 e. The van der Waals surface area contributed by atoms with Gasteiger partial charge in [-0.3, -0.25) is 9.59 Å². The zero-order valence-corrected chi connectivity index (χ0v) is 22.0. The third kappa shape index (κ3) is 7.69. The molecule has 0 aromatic heterocycles. The molecule has 1 N–H and O–H groups in total. The first kappa shape index (κ1) is 26.5. The second kappa shape index (κ2) is 13.1. The first-order chi connectivity index (χ1) is 18.0. The van der Waals surface area contributed by atoms with E-state index >= 15 is 0 Å². The van der Waals surface area contributed by atoms with E-state index in [1.54, 1.807) is 4.90 Å². The molecule has 1 aliphatic carbocycles. The number of rotatable bonds is 10. The van der Waals surface area contributed by atoms with Crippen LogP contribution in [0.4, 0.5) is 0 Å². The summed E-state index contributed by atoms with van der Waals surface area (Å²) < 4.78 is 6.01. The van der Waals surface area contributed by atoms with Crippen LogP contribution in [-0.2, 0) is 22.6 Å². The lowest BCUT2D eigenvalue weighted by atomic mass is 9.94. The molecule has 0 unspecified atom stereocenters. The normalized spacial score (nSPS) is 14.5. The lowest BCUT2D eigenvalue weighted by Crippen LogP contribution is -2.53. The van der Waals surface area contributed by atoms with Crippen LogP contribution in [0.3, 0.4) is 0 Å². The van der Waals surface area contributed by atoms with Crippen molar-refractivity contribution in [2.45, 2.75) is 71.0 Å². The molecule has 1 aliphatic rings. The molecule has 3 aromatic rings. The highest BCUT2D eigenvalue weighted by Crippen LogP contribution is 2.22. The molecule has 5 nitrogen and oxygen atoms in total. The number of benzene rings is 3. The van der Waals surface area contributed by atoms with Gasteiger partial charge in [-0.15, -0.1) is 0 Å². The van der Waals surface area contributed by atoms with E-state index in [4.69, 9.17) is 4.74 Å². The van der Waals surface area contributed by atoms with Gasteiger partial charge in [-0.05, 0) is 55.0 Å². The van der Waals surface area contributed by atoms with Gasteiger partial charge >= 0.3 is 0 Å². The van der Waals surface area contributed by atoms with E-state index in [0.29, 0.717) is 18.7 Å². The van der Waals surface area contributed by atoms with Gasteiger partial charge in [0.1, 0.15) is 11.8 Å². The van der Waals surface area contributed by atoms with Crippen molar-refractivity contribution in [3.8, 4) is 5.75 Å². The molecule has 37 heavy (non-hydrogen) atoms. The van der Waals surface area contributed by atoms with E-state index in [1.807, 2.05) is 92.7 Å². The van der Waals surface area contributed by atoms with Gasteiger partial charge in [0.2, 0.25) is 5.91 Å². The van der Waals surface area contributed by atoms with Crippen molar-refractivity contribution in [1.29, 1.82) is 0 Å². The molecule has 4 rings (SSSR count). The zero-order valence-electron chi connectivity index (χ0n) is 22.0. The molecule has 1 atom stereocenters. The number of carbonyl (C=O) groups excluding carboxylic acids is 2. The number of ether oxygens (including phenoxy) is 1. The second-order valence-corrected chi connectivity index (χ2v) is 10.1. The van der Waals surface area contributed by atoms with Gasteiger partial charge in [0.15, 0.2) is 6.61 Å². The molecule has 2 amide bonds. The van der Waals surface area contributed by atoms with Crippen LogP contribution in [0.25, 0.3) is 0 Å². The van der Waals surface area contributed by atoms with Gasteiger partial charge in [0.05, 0.1) is 0 Å². The maximum atomic E-state index is 13.8. The minimum atomic E-state index is -0.640. The molecule has 5 heteroatoms. The standard InChI is InChI=1S/C32H38N2O3/c1-24-18-19-25(2)30(20-24)37-23-31(35)34(22-27-14-8-4-9-15-27)29(21-26-12-6-3-7-13-26)32(36)33-28-16-10-5-11-17-28/h3-4,6-9,12-15,18-20,28-29H,5,10-11,16-17,21-23H2,1-2H3,(H,33,36)/t29-/m0/s1. The van der Waals surface area contributed by atoms with Crippen molar-refractivity contribution < 1.29 is 14.3 Å². The molecule has 1 fully saturated rings. The van der Waals surface area contributed by atoms with E-state index in [2.05, 4.69) is 5.32 Å². The van der Waals surface area contributed by atoms with Gasteiger partial charge in [0.25, 0.3) is 5.91 Å². The third-order valence-electron chi connectivity index (χ3n) is 7.11. The number of aryl methyl sites for hydroxylation is 2. The summed E-state index contributed by atoms with van der Waals surface area (Å²) in [5.41, 5.74) is 4.05. The third-order valence-corrected chi connectivity index (χ3v) is 7.11. The van der Waals surface area contributed by atoms with Gasteiger partial charge in [-0.1, -0.05) is 92.1 Å². The molecule has 0 spiro atoms. The molecule has 194 valence electrons. The van der Waals surface area contributed by atoms with E-state index in [0.717, 1.165) is 47.9 Å². The Morgan fingerprint density at radius 2 is 1.54 bits per heavy atom. The summed E-state index contributed by atoms with van der Waals surface area (Å²) in [5, 5.41) is 3.28. The number of amides is 2. The molecule has 0 heterocycles. The summed E-state index contributed by atoms with van der Waals surface area (Å²) in [6, 6.07) is 25.3. The largest absolute Gasteiger partial charge is 0.483 e. The van der Waals surface area contributed by atoms with Crippen LogP contribution in [-0.4, -0.2) is 35.4 Å². The first-order valence-electron chi connectivity index (χ1n) is 13.4. The summed E-state index contributed by atoms with van der Waals surface area (Å²) >= 11 is 0. The monoisotopic (exact) mass is 498 g/mol. The maximum Gasteiger partial charge on any atom is 0.261 e. The Morgan fingerprint density at radius 3 is 2.22 bits per heavy atom. The summed E-state index contributed by atoms with van der Waals surface area (Å²) in [6.45, 7) is 4.18. The summed E-state index contributed by atoms with van der Waals surface area (Å²) in [7, 11) is 0. The Labute approximate surface area is 220 Å². The molecule has 0 saturated heterocycles. The fourth-order valence-electron chi connectivity index (χ4n) is 4.96. The van der Waals surface area contributed by atoms with E-state index < -0.39 is 6.04 Å². The summed E-state index contributed by atoms with van der Waals surface area (Å²) in [6.07, 6.45) is 5.91. The number of carbonyl (C=O) groups is 2. The molecule has 0 radical (unpaired) electrons. The fraction of sp³-hybridized carbons (Fsp3) is 0.375. The Balaban J connectivity index is 1.60. The van der Waals surface area contributed by atoms with Gasteiger partial charge in [-0.25, -0.2) is 0 Å². The molecular formula is C32H38N2O3. The van der Waals surface area contributed by atoms with E-state index in [1.165, 1.54) is 6.42 Å². The quantitative estimate of drug-likeness (QED) is 0.386. The van der Waals surface area contributed by atoms with Gasteiger partial charge < -0.3 is 15.0 Å². The SMILES string of the molecule is Cc1ccc(C)c(OCC(=O)N(Cc2ccccc2)[C@@H](Cc2ccccc2)C(=O)NC2CCCCC2)c1. The predicted molar refractivity (Wildman–Crippen MR) is 147 cm³/mol. The Morgan fingerprint density at radius 1 is 0.892 bits per heavy atom. The molecule has 0 bridgehead atoms. The van der Waals surface area contributed by atoms with Crippen molar-refractivity contribution in [1.82, 2.24) is 10.2 Å². The first-order valence-corrected chi connectivity index (χ1v) is 13.4. The minimum absolute atomic E-state index is 0.0910. The smallest absolute Gasteiger partial charge is 0.261 e. The Bertz CT molecular complexity index is 1160. The lowest BCUT2D eigenvalue weighted by Gasteiger charge is -2.33. The predicted octanol–water partition coefficient (Wildman–Crippen LogP) is 5.77. The maximum absolute atomic E-state index is 13.8. The van der Waals surface area contributed by atoms with Crippen LogP contribution in [0.5, 0.6) is 5.75 Å². The highest BCUT2D eigenvalue weighted by atomic mass is 16.5. The number of hydrogen-bond acceptors (Lipinski definition) is 3. The molecule has 3 aromatic carbocycles. The van der Waals surface area contributed by atoms with Crippen LogP contribution in [0.2, 0.25) is 0 Å². The number of hydrogen-bond donors (Lipinski definition) is 1.